The van der Waals surface area contributed by atoms with Crippen LogP contribution in [0, 0.1) is 0 Å². The summed E-state index contributed by atoms with van der Waals surface area (Å²) in [6.07, 6.45) is -0.381. The second-order valence-electron chi connectivity index (χ2n) is 5.51. The van der Waals surface area contributed by atoms with Gasteiger partial charge in [0.15, 0.2) is 0 Å². The molecule has 8 nitrogen and oxygen atoms in total. The molecule has 0 radical (unpaired) electrons. The first-order chi connectivity index (χ1) is 11.9. The van der Waals surface area contributed by atoms with E-state index < -0.39 is 10.0 Å². The summed E-state index contributed by atoms with van der Waals surface area (Å²) in [7, 11) is -3.61. The molecule has 1 aliphatic heterocycles. The number of hydrogen-bond acceptors (Lipinski definition) is 5. The quantitative estimate of drug-likeness (QED) is 0.832. The zero-order valence-corrected chi connectivity index (χ0v) is 15.2. The van der Waals surface area contributed by atoms with Gasteiger partial charge in [-0.15, -0.1) is 0 Å². The highest BCUT2D eigenvalue weighted by molar-refractivity contribution is 7.89. The third kappa shape index (κ3) is 4.70. The third-order valence-electron chi connectivity index (χ3n) is 3.82. The molecule has 1 saturated heterocycles. The molecule has 0 unspecified atom stereocenters. The molecule has 1 aliphatic rings. The van der Waals surface area contributed by atoms with Crippen LogP contribution in [-0.4, -0.2) is 69.5 Å². The number of benzene rings is 1. The van der Waals surface area contributed by atoms with Crippen molar-refractivity contribution in [3.8, 4) is 0 Å². The van der Waals surface area contributed by atoms with Gasteiger partial charge in [-0.3, -0.25) is 4.79 Å². The molecule has 2 amide bonds. The van der Waals surface area contributed by atoms with Crippen LogP contribution in [0.4, 0.5) is 4.79 Å². The minimum absolute atomic E-state index is 0.0605. The number of hydrogen-bond donors (Lipinski definition) is 1. The normalized spacial score (nSPS) is 15.1. The smallest absolute Gasteiger partial charge is 0.409 e. The van der Waals surface area contributed by atoms with Gasteiger partial charge < -0.3 is 14.5 Å². The van der Waals surface area contributed by atoms with E-state index in [2.05, 4.69) is 4.72 Å². The zero-order valence-electron chi connectivity index (χ0n) is 14.4. The highest BCUT2D eigenvalue weighted by Gasteiger charge is 2.26. The Kier molecular flexibility index (Phi) is 6.38. The van der Waals surface area contributed by atoms with E-state index in [4.69, 9.17) is 4.74 Å². The molecule has 0 aromatic heterocycles. The van der Waals surface area contributed by atoms with Gasteiger partial charge in [0.2, 0.25) is 10.0 Å². The highest BCUT2D eigenvalue weighted by Crippen LogP contribution is 2.15. The molecule has 0 bridgehead atoms. The second-order valence-corrected chi connectivity index (χ2v) is 7.27. The lowest BCUT2D eigenvalue weighted by Crippen LogP contribution is -2.50. The Hall–Kier alpha value is -2.13. The maximum absolute atomic E-state index is 12.6. The van der Waals surface area contributed by atoms with Gasteiger partial charge in [0.05, 0.1) is 11.5 Å². The number of carbonyl (C=O) groups excluding carboxylic acids is 2. The molecule has 9 heteroatoms. The molecule has 1 fully saturated rings. The van der Waals surface area contributed by atoms with E-state index in [0.29, 0.717) is 38.3 Å². The molecule has 0 atom stereocenters. The molecule has 0 saturated carbocycles. The second kappa shape index (κ2) is 8.30. The van der Waals surface area contributed by atoms with Crippen LogP contribution >= 0.6 is 0 Å². The van der Waals surface area contributed by atoms with Gasteiger partial charge in [-0.05, 0) is 25.1 Å². The summed E-state index contributed by atoms with van der Waals surface area (Å²) in [6.45, 7) is 5.55. The number of piperazine rings is 1. The fourth-order valence-electron chi connectivity index (χ4n) is 2.56. The van der Waals surface area contributed by atoms with Crippen LogP contribution in [0.25, 0.3) is 0 Å². The molecule has 138 valence electrons. The Morgan fingerprint density at radius 1 is 1.12 bits per heavy atom. The maximum Gasteiger partial charge on any atom is 0.409 e. The molecular weight excluding hydrogens is 346 g/mol. The van der Waals surface area contributed by atoms with Gasteiger partial charge in [-0.25, -0.2) is 17.9 Å². The lowest BCUT2D eigenvalue weighted by Gasteiger charge is -2.34. The standard InChI is InChI=1S/C16H23N3O5S/c1-3-17-25(22,23)14-7-5-6-13(12-14)15(20)18-8-10-19(11-9-18)16(21)24-4-2/h5-7,12,17H,3-4,8-11H2,1-2H3. The van der Waals surface area contributed by atoms with Crippen LogP contribution in [0.2, 0.25) is 0 Å². The lowest BCUT2D eigenvalue weighted by molar-refractivity contribution is 0.0570. The Balaban J connectivity index is 2.06. The van der Waals surface area contributed by atoms with E-state index in [1.807, 2.05) is 0 Å². The first-order valence-corrected chi connectivity index (χ1v) is 9.68. The summed E-state index contributed by atoms with van der Waals surface area (Å²) in [5.41, 5.74) is 0.309. The van der Waals surface area contributed by atoms with Gasteiger partial charge in [0.25, 0.3) is 5.91 Å². The number of nitrogens with zero attached hydrogens (tertiary/aromatic N) is 2. The van der Waals surface area contributed by atoms with Crippen LogP contribution in [0.5, 0.6) is 0 Å². The van der Waals surface area contributed by atoms with Gasteiger partial charge in [0, 0.05) is 38.3 Å². The zero-order chi connectivity index (χ0) is 18.4. The van der Waals surface area contributed by atoms with Crippen molar-refractivity contribution in [1.29, 1.82) is 0 Å². The average Bonchev–Trinajstić information content (AvgIpc) is 2.61. The van der Waals surface area contributed by atoms with Gasteiger partial charge in [-0.2, -0.15) is 0 Å². The minimum atomic E-state index is -3.61. The van der Waals surface area contributed by atoms with Crippen LogP contribution in [0.1, 0.15) is 24.2 Å². The molecule has 25 heavy (non-hydrogen) atoms. The number of carbonyl (C=O) groups is 2. The molecule has 1 heterocycles. The van der Waals surface area contributed by atoms with E-state index >= 15 is 0 Å². The number of rotatable bonds is 5. The van der Waals surface area contributed by atoms with E-state index in [1.54, 1.807) is 35.8 Å². The first kappa shape index (κ1) is 19.2. The number of nitrogens with one attached hydrogen (secondary N) is 1. The van der Waals surface area contributed by atoms with Gasteiger partial charge in [0.1, 0.15) is 0 Å². The largest absolute Gasteiger partial charge is 0.450 e. The van der Waals surface area contributed by atoms with Crippen LogP contribution < -0.4 is 4.72 Å². The Morgan fingerprint density at radius 3 is 2.36 bits per heavy atom. The van der Waals surface area contributed by atoms with E-state index in [0.717, 1.165) is 0 Å². The predicted octanol–water partition coefficient (Wildman–Crippen LogP) is 0.899. The SMILES string of the molecule is CCNS(=O)(=O)c1cccc(C(=O)N2CCN(C(=O)OCC)CC2)c1. The minimum Gasteiger partial charge on any atom is -0.450 e. The summed E-state index contributed by atoms with van der Waals surface area (Å²) in [5.74, 6) is -0.253. The van der Waals surface area contributed by atoms with Crippen LogP contribution in [-0.2, 0) is 14.8 Å². The molecule has 1 aromatic carbocycles. The fourth-order valence-corrected chi connectivity index (χ4v) is 3.65. The van der Waals surface area contributed by atoms with Crippen LogP contribution in [0.3, 0.4) is 0 Å². The number of ether oxygens (including phenoxy) is 1. The molecule has 2 rings (SSSR count). The van der Waals surface area contributed by atoms with Crippen molar-refractivity contribution in [2.75, 3.05) is 39.3 Å². The fraction of sp³-hybridized carbons (Fsp3) is 0.500. The Labute approximate surface area is 147 Å². The maximum atomic E-state index is 12.6. The van der Waals surface area contributed by atoms with Crippen molar-refractivity contribution in [3.63, 3.8) is 0 Å². The van der Waals surface area contributed by atoms with Crippen molar-refractivity contribution >= 4 is 22.0 Å². The van der Waals surface area contributed by atoms with Crippen molar-refractivity contribution in [3.05, 3.63) is 29.8 Å². The third-order valence-corrected chi connectivity index (χ3v) is 5.36. The van der Waals surface area contributed by atoms with E-state index in [-0.39, 0.29) is 23.4 Å². The summed E-state index contributed by atoms with van der Waals surface area (Å²) in [6, 6.07) is 5.96. The summed E-state index contributed by atoms with van der Waals surface area (Å²) in [5, 5.41) is 0. The molecule has 1 aromatic rings. The van der Waals surface area contributed by atoms with Crippen molar-refractivity contribution in [2.45, 2.75) is 18.7 Å². The predicted molar refractivity (Wildman–Crippen MR) is 91.8 cm³/mol. The molecule has 1 N–H and O–H groups in total. The van der Waals surface area contributed by atoms with Crippen molar-refractivity contribution in [2.24, 2.45) is 0 Å². The monoisotopic (exact) mass is 369 g/mol. The average molecular weight is 369 g/mol. The van der Waals surface area contributed by atoms with Gasteiger partial charge >= 0.3 is 6.09 Å². The summed E-state index contributed by atoms with van der Waals surface area (Å²) in [4.78, 5) is 27.5. The Bertz CT molecular complexity index is 727. The first-order valence-electron chi connectivity index (χ1n) is 8.19. The van der Waals surface area contributed by atoms with Crippen molar-refractivity contribution < 1.29 is 22.7 Å². The van der Waals surface area contributed by atoms with E-state index in [9.17, 15) is 18.0 Å². The van der Waals surface area contributed by atoms with Crippen molar-refractivity contribution in [1.82, 2.24) is 14.5 Å². The number of amides is 2. The topological polar surface area (TPSA) is 96.0 Å². The molecular formula is C16H23N3O5S. The summed E-state index contributed by atoms with van der Waals surface area (Å²) < 4.78 is 31.5. The molecule has 0 spiro atoms. The lowest BCUT2D eigenvalue weighted by atomic mass is 10.2. The van der Waals surface area contributed by atoms with E-state index in [1.165, 1.54) is 12.1 Å². The van der Waals surface area contributed by atoms with Crippen LogP contribution in [0.15, 0.2) is 29.2 Å². The highest BCUT2D eigenvalue weighted by atomic mass is 32.2. The molecule has 0 aliphatic carbocycles. The van der Waals surface area contributed by atoms with Gasteiger partial charge in [-0.1, -0.05) is 13.0 Å². The Morgan fingerprint density at radius 2 is 1.76 bits per heavy atom. The number of sulfonamides is 1. The summed E-state index contributed by atoms with van der Waals surface area (Å²) >= 11 is 0.